The molecule has 1 fully saturated rings. The number of amides is 1. The van der Waals surface area contributed by atoms with Crippen molar-refractivity contribution in [3.63, 3.8) is 0 Å². The van der Waals surface area contributed by atoms with Crippen LogP contribution in [0.2, 0.25) is 0 Å². The molecule has 0 unspecified atom stereocenters. The summed E-state index contributed by atoms with van der Waals surface area (Å²) in [6.07, 6.45) is 3.63. The molecule has 1 amide bonds. The molecular weight excluding hydrogens is 428 g/mol. The molecule has 10 heteroatoms. The molecule has 1 aliphatic rings. The lowest BCUT2D eigenvalue weighted by molar-refractivity contribution is -0.133. The first-order chi connectivity index (χ1) is 15.6. The Hall–Kier alpha value is -2.59. The maximum Gasteiger partial charge on any atom is 0.227 e. The Morgan fingerprint density at radius 2 is 1.81 bits per heavy atom. The van der Waals surface area contributed by atoms with Crippen molar-refractivity contribution in [3.05, 3.63) is 35.1 Å². The van der Waals surface area contributed by atoms with Crippen LogP contribution in [0.4, 0.5) is 0 Å². The molecule has 4 heterocycles. The smallest absolute Gasteiger partial charge is 0.227 e. The van der Waals surface area contributed by atoms with Crippen molar-refractivity contribution >= 4 is 17.2 Å². The van der Waals surface area contributed by atoms with E-state index in [4.69, 9.17) is 9.05 Å². The highest BCUT2D eigenvalue weighted by Crippen LogP contribution is 2.21. The van der Waals surface area contributed by atoms with Crippen molar-refractivity contribution in [2.75, 3.05) is 32.7 Å². The lowest BCUT2D eigenvalue weighted by Crippen LogP contribution is -2.48. The van der Waals surface area contributed by atoms with Gasteiger partial charge in [0.15, 0.2) is 5.82 Å². The standard InChI is InChI=1S/C22H30N6O3S/c1-16(2)21-23-18(30-25-21)7-3-9-20(29)28-13-11-27(12-14-28)10-4-8-19-24-22(26-31-19)17-6-5-15-32-17/h5-6,15-16H,3-4,7-14H2,1-2H3. The van der Waals surface area contributed by atoms with Crippen molar-refractivity contribution < 1.29 is 13.8 Å². The highest BCUT2D eigenvalue weighted by atomic mass is 32.1. The Labute approximate surface area is 191 Å². The molecule has 0 N–H and O–H groups in total. The molecule has 0 saturated carbocycles. The van der Waals surface area contributed by atoms with Gasteiger partial charge in [-0.1, -0.05) is 30.2 Å². The summed E-state index contributed by atoms with van der Waals surface area (Å²) < 4.78 is 10.6. The van der Waals surface area contributed by atoms with Crippen LogP contribution in [0.3, 0.4) is 0 Å². The number of hydrogen-bond acceptors (Lipinski definition) is 9. The van der Waals surface area contributed by atoms with Gasteiger partial charge in [0.1, 0.15) is 0 Å². The second-order valence-electron chi connectivity index (χ2n) is 8.37. The number of rotatable bonds is 10. The van der Waals surface area contributed by atoms with Crippen LogP contribution in [0.5, 0.6) is 0 Å². The van der Waals surface area contributed by atoms with E-state index in [2.05, 4.69) is 25.2 Å². The van der Waals surface area contributed by atoms with Gasteiger partial charge in [-0.3, -0.25) is 9.69 Å². The summed E-state index contributed by atoms with van der Waals surface area (Å²) >= 11 is 1.61. The second kappa shape index (κ2) is 10.8. The molecule has 9 nitrogen and oxygen atoms in total. The molecule has 0 aromatic carbocycles. The van der Waals surface area contributed by atoms with Crippen molar-refractivity contribution in [2.24, 2.45) is 0 Å². The summed E-state index contributed by atoms with van der Waals surface area (Å²) in [5.41, 5.74) is 0. The third-order valence-electron chi connectivity index (χ3n) is 5.58. The maximum atomic E-state index is 12.5. The normalized spacial score (nSPS) is 15.0. The average molecular weight is 459 g/mol. The average Bonchev–Trinajstić information content (AvgIpc) is 3.55. The van der Waals surface area contributed by atoms with Crippen molar-refractivity contribution in [1.82, 2.24) is 30.1 Å². The monoisotopic (exact) mass is 458 g/mol. The summed E-state index contributed by atoms with van der Waals surface area (Å²) in [5, 5.41) is 10.0. The van der Waals surface area contributed by atoms with Gasteiger partial charge in [0.05, 0.1) is 4.88 Å². The Balaban J connectivity index is 1.11. The third-order valence-corrected chi connectivity index (χ3v) is 6.45. The first-order valence-corrected chi connectivity index (χ1v) is 12.2. The summed E-state index contributed by atoms with van der Waals surface area (Å²) in [6.45, 7) is 8.39. The zero-order valence-electron chi connectivity index (χ0n) is 18.7. The maximum absolute atomic E-state index is 12.5. The lowest BCUT2D eigenvalue weighted by Gasteiger charge is -2.34. The van der Waals surface area contributed by atoms with Gasteiger partial charge in [-0.05, 0) is 30.8 Å². The Morgan fingerprint density at radius 1 is 1.06 bits per heavy atom. The van der Waals surface area contributed by atoms with E-state index in [0.717, 1.165) is 62.7 Å². The number of aromatic nitrogens is 4. The van der Waals surface area contributed by atoms with E-state index in [0.29, 0.717) is 30.4 Å². The minimum Gasteiger partial charge on any atom is -0.340 e. The molecule has 0 bridgehead atoms. The fraction of sp³-hybridized carbons (Fsp3) is 0.591. The van der Waals surface area contributed by atoms with Crippen LogP contribution in [0.1, 0.15) is 56.6 Å². The van der Waals surface area contributed by atoms with Gasteiger partial charge < -0.3 is 13.9 Å². The van der Waals surface area contributed by atoms with Crippen LogP contribution in [0.25, 0.3) is 10.7 Å². The quantitative estimate of drug-likeness (QED) is 0.456. The Morgan fingerprint density at radius 3 is 2.53 bits per heavy atom. The van der Waals surface area contributed by atoms with Gasteiger partial charge >= 0.3 is 0 Å². The van der Waals surface area contributed by atoms with Gasteiger partial charge in [0, 0.05) is 51.4 Å². The first-order valence-electron chi connectivity index (χ1n) is 11.3. The highest BCUT2D eigenvalue weighted by Gasteiger charge is 2.21. The molecule has 0 aliphatic carbocycles. The van der Waals surface area contributed by atoms with Crippen LogP contribution in [-0.2, 0) is 17.6 Å². The van der Waals surface area contributed by atoms with E-state index in [1.165, 1.54) is 0 Å². The molecule has 0 atom stereocenters. The highest BCUT2D eigenvalue weighted by molar-refractivity contribution is 7.13. The van der Waals surface area contributed by atoms with Crippen LogP contribution >= 0.6 is 11.3 Å². The minimum absolute atomic E-state index is 0.209. The number of aryl methyl sites for hydroxylation is 2. The Kier molecular flexibility index (Phi) is 7.64. The largest absolute Gasteiger partial charge is 0.340 e. The number of nitrogens with zero attached hydrogens (tertiary/aromatic N) is 6. The lowest BCUT2D eigenvalue weighted by atomic mass is 10.2. The molecule has 172 valence electrons. The number of carbonyl (C=O) groups excluding carboxylic acids is 1. The molecular formula is C22H30N6O3S. The summed E-state index contributed by atoms with van der Waals surface area (Å²) in [5.74, 6) is 3.16. The van der Waals surface area contributed by atoms with Crippen LogP contribution in [-0.4, -0.2) is 68.7 Å². The van der Waals surface area contributed by atoms with Crippen molar-refractivity contribution in [3.8, 4) is 10.7 Å². The summed E-state index contributed by atoms with van der Waals surface area (Å²) in [4.78, 5) is 26.8. The van der Waals surface area contributed by atoms with Crippen molar-refractivity contribution in [1.29, 1.82) is 0 Å². The fourth-order valence-electron chi connectivity index (χ4n) is 3.69. The van der Waals surface area contributed by atoms with Gasteiger partial charge in [-0.2, -0.15) is 9.97 Å². The minimum atomic E-state index is 0.209. The van der Waals surface area contributed by atoms with Crippen molar-refractivity contribution in [2.45, 2.75) is 51.9 Å². The summed E-state index contributed by atoms with van der Waals surface area (Å²) in [7, 11) is 0. The molecule has 1 aliphatic heterocycles. The molecule has 32 heavy (non-hydrogen) atoms. The number of thiophene rings is 1. The van der Waals surface area contributed by atoms with E-state index < -0.39 is 0 Å². The van der Waals surface area contributed by atoms with Crippen LogP contribution in [0, 0.1) is 0 Å². The van der Waals surface area contributed by atoms with E-state index in [9.17, 15) is 4.79 Å². The number of hydrogen-bond donors (Lipinski definition) is 0. The van der Waals surface area contributed by atoms with E-state index in [-0.39, 0.29) is 11.8 Å². The fourth-order valence-corrected chi connectivity index (χ4v) is 4.34. The second-order valence-corrected chi connectivity index (χ2v) is 9.32. The third kappa shape index (κ3) is 6.01. The van der Waals surface area contributed by atoms with E-state index in [1.807, 2.05) is 36.3 Å². The topological polar surface area (TPSA) is 101 Å². The molecule has 3 aromatic rings. The predicted octanol–water partition coefficient (Wildman–Crippen LogP) is 3.40. The molecule has 1 saturated heterocycles. The summed E-state index contributed by atoms with van der Waals surface area (Å²) in [6, 6.07) is 3.98. The zero-order chi connectivity index (χ0) is 22.3. The number of piperazine rings is 1. The van der Waals surface area contributed by atoms with Gasteiger partial charge in [0.2, 0.25) is 23.5 Å². The van der Waals surface area contributed by atoms with Crippen LogP contribution < -0.4 is 0 Å². The number of carbonyl (C=O) groups is 1. The van der Waals surface area contributed by atoms with Gasteiger partial charge in [-0.15, -0.1) is 11.3 Å². The molecule has 3 aromatic heterocycles. The molecule has 0 radical (unpaired) electrons. The van der Waals surface area contributed by atoms with Gasteiger partial charge in [-0.25, -0.2) is 0 Å². The van der Waals surface area contributed by atoms with Gasteiger partial charge in [0.25, 0.3) is 0 Å². The van der Waals surface area contributed by atoms with Crippen LogP contribution in [0.15, 0.2) is 26.6 Å². The molecule has 4 rings (SSSR count). The Bertz CT molecular complexity index is 976. The first kappa shape index (κ1) is 22.6. The SMILES string of the molecule is CC(C)c1noc(CCCC(=O)N2CCN(CCCc3nc(-c4cccs4)no3)CC2)n1. The van der Waals surface area contributed by atoms with E-state index >= 15 is 0 Å². The zero-order valence-corrected chi connectivity index (χ0v) is 19.5. The molecule has 0 spiro atoms. The predicted molar refractivity (Wildman–Crippen MR) is 120 cm³/mol. The van der Waals surface area contributed by atoms with E-state index in [1.54, 1.807) is 11.3 Å².